The molecule has 0 radical (unpaired) electrons. The lowest BCUT2D eigenvalue weighted by atomic mass is 9.91. The SMILES string of the molecule is CC1(C)OC(=O)N(c2ccc(N3C(=O)Cc4ccccc43)cc2)[C@H]1c1ccccc1. The van der Waals surface area contributed by atoms with Gasteiger partial charge in [0, 0.05) is 11.4 Å². The third kappa shape index (κ3) is 2.86. The Balaban J connectivity index is 1.51. The van der Waals surface area contributed by atoms with Gasteiger partial charge < -0.3 is 4.74 Å². The summed E-state index contributed by atoms with van der Waals surface area (Å²) < 4.78 is 5.70. The van der Waals surface area contributed by atoms with Crippen molar-refractivity contribution in [2.45, 2.75) is 31.9 Å². The van der Waals surface area contributed by atoms with Crippen molar-refractivity contribution in [3.63, 3.8) is 0 Å². The van der Waals surface area contributed by atoms with Crippen LogP contribution in [0.15, 0.2) is 78.9 Å². The van der Waals surface area contributed by atoms with Crippen LogP contribution in [0.1, 0.15) is 31.0 Å². The minimum absolute atomic E-state index is 0.0489. The molecule has 2 heterocycles. The minimum atomic E-state index is -0.666. The smallest absolute Gasteiger partial charge is 0.415 e. The van der Waals surface area contributed by atoms with Crippen LogP contribution in [0.4, 0.5) is 21.9 Å². The van der Waals surface area contributed by atoms with Crippen molar-refractivity contribution in [1.82, 2.24) is 0 Å². The zero-order valence-corrected chi connectivity index (χ0v) is 16.9. The number of carbonyl (C=O) groups excluding carboxylic acids is 2. The number of ether oxygens (including phenoxy) is 1. The Morgan fingerprint density at radius 2 is 1.47 bits per heavy atom. The number of amides is 2. The molecule has 1 atom stereocenters. The van der Waals surface area contributed by atoms with Gasteiger partial charge in [0.1, 0.15) is 11.6 Å². The predicted molar refractivity (Wildman–Crippen MR) is 116 cm³/mol. The van der Waals surface area contributed by atoms with E-state index in [-0.39, 0.29) is 18.0 Å². The molecule has 2 aliphatic heterocycles. The largest absolute Gasteiger partial charge is 0.441 e. The summed E-state index contributed by atoms with van der Waals surface area (Å²) in [6.07, 6.45) is 0.0323. The second kappa shape index (κ2) is 6.73. The Labute approximate surface area is 175 Å². The average Bonchev–Trinajstić information content (AvgIpc) is 3.20. The summed E-state index contributed by atoms with van der Waals surface area (Å²) in [4.78, 5) is 28.8. The van der Waals surface area contributed by atoms with E-state index in [4.69, 9.17) is 4.74 Å². The number of rotatable bonds is 3. The summed E-state index contributed by atoms with van der Waals surface area (Å²) in [6, 6.07) is 25.0. The maximum absolute atomic E-state index is 12.8. The van der Waals surface area contributed by atoms with Crippen LogP contribution in [0.25, 0.3) is 0 Å². The lowest BCUT2D eigenvalue weighted by molar-refractivity contribution is -0.116. The molecule has 3 aromatic rings. The van der Waals surface area contributed by atoms with E-state index >= 15 is 0 Å². The normalized spacial score (nSPS) is 19.7. The average molecular weight is 398 g/mol. The van der Waals surface area contributed by atoms with Gasteiger partial charge in [0.2, 0.25) is 5.91 Å². The lowest BCUT2D eigenvalue weighted by Gasteiger charge is -2.29. The first-order valence-corrected chi connectivity index (χ1v) is 10.0. The summed E-state index contributed by atoms with van der Waals surface area (Å²) >= 11 is 0. The molecule has 5 nitrogen and oxygen atoms in total. The molecule has 5 rings (SSSR count). The van der Waals surface area contributed by atoms with Gasteiger partial charge in [-0.3, -0.25) is 14.6 Å². The summed E-state index contributed by atoms with van der Waals surface area (Å²) in [5, 5.41) is 0. The number of hydrogen-bond donors (Lipinski definition) is 0. The number of benzene rings is 3. The Hall–Kier alpha value is -3.60. The molecule has 5 heteroatoms. The quantitative estimate of drug-likeness (QED) is 0.595. The van der Waals surface area contributed by atoms with E-state index in [0.29, 0.717) is 6.42 Å². The highest BCUT2D eigenvalue weighted by molar-refractivity contribution is 6.07. The molecule has 0 aliphatic carbocycles. The summed E-state index contributed by atoms with van der Waals surface area (Å²) in [5.74, 6) is 0.0489. The summed E-state index contributed by atoms with van der Waals surface area (Å²) in [7, 11) is 0. The van der Waals surface area contributed by atoms with Crippen molar-refractivity contribution < 1.29 is 14.3 Å². The Morgan fingerprint density at radius 3 is 2.20 bits per heavy atom. The molecule has 1 fully saturated rings. The highest BCUT2D eigenvalue weighted by Gasteiger charge is 2.49. The van der Waals surface area contributed by atoms with Crippen molar-refractivity contribution in [3.05, 3.63) is 90.0 Å². The van der Waals surface area contributed by atoms with Gasteiger partial charge in [-0.1, -0.05) is 48.5 Å². The Kier molecular flexibility index (Phi) is 4.13. The van der Waals surface area contributed by atoms with E-state index in [1.54, 1.807) is 9.80 Å². The molecule has 0 bridgehead atoms. The second-order valence-electron chi connectivity index (χ2n) is 8.21. The van der Waals surface area contributed by atoms with Gasteiger partial charge in [0.05, 0.1) is 12.1 Å². The molecule has 2 amide bonds. The molecule has 150 valence electrons. The van der Waals surface area contributed by atoms with Crippen molar-refractivity contribution in [2.24, 2.45) is 0 Å². The number of cyclic esters (lactones) is 1. The topological polar surface area (TPSA) is 49.9 Å². The van der Waals surface area contributed by atoms with Crippen molar-refractivity contribution >= 4 is 29.1 Å². The van der Waals surface area contributed by atoms with Crippen molar-refractivity contribution in [2.75, 3.05) is 9.80 Å². The molecule has 2 aliphatic rings. The minimum Gasteiger partial charge on any atom is -0.441 e. The van der Waals surface area contributed by atoms with E-state index < -0.39 is 5.60 Å². The van der Waals surface area contributed by atoms with Gasteiger partial charge in [0.25, 0.3) is 0 Å². The molecule has 0 saturated carbocycles. The number of para-hydroxylation sites is 1. The first-order chi connectivity index (χ1) is 14.5. The standard InChI is InChI=1S/C25H22N2O3/c1-25(2)23(17-8-4-3-5-9-17)27(24(29)30-25)20-14-12-19(13-15-20)26-21-11-7-6-10-18(21)16-22(26)28/h3-15,23H,16H2,1-2H3/t23-/m0/s1. The highest BCUT2D eigenvalue weighted by Crippen LogP contribution is 2.44. The first kappa shape index (κ1) is 18.4. The number of fused-ring (bicyclic) bond motifs is 1. The molecule has 30 heavy (non-hydrogen) atoms. The molecule has 0 spiro atoms. The molecular formula is C25H22N2O3. The zero-order chi connectivity index (χ0) is 20.9. The number of carbonyl (C=O) groups is 2. The second-order valence-corrected chi connectivity index (χ2v) is 8.21. The molecule has 0 unspecified atom stereocenters. The fraction of sp³-hybridized carbons (Fsp3) is 0.200. The lowest BCUT2D eigenvalue weighted by Crippen LogP contribution is -2.33. The van der Waals surface area contributed by atoms with Crippen LogP contribution in [0.3, 0.4) is 0 Å². The number of anilines is 3. The molecule has 0 aromatic heterocycles. The monoisotopic (exact) mass is 398 g/mol. The maximum atomic E-state index is 12.8. The third-order valence-corrected chi connectivity index (χ3v) is 5.79. The van der Waals surface area contributed by atoms with E-state index in [0.717, 1.165) is 28.2 Å². The molecular weight excluding hydrogens is 376 g/mol. The first-order valence-electron chi connectivity index (χ1n) is 10.0. The van der Waals surface area contributed by atoms with Gasteiger partial charge in [-0.25, -0.2) is 4.79 Å². The van der Waals surface area contributed by atoms with Crippen LogP contribution in [-0.4, -0.2) is 17.6 Å². The van der Waals surface area contributed by atoms with Crippen LogP contribution in [0.5, 0.6) is 0 Å². The summed E-state index contributed by atoms with van der Waals surface area (Å²) in [5.41, 5.74) is 3.82. The highest BCUT2D eigenvalue weighted by atomic mass is 16.6. The van der Waals surface area contributed by atoms with Gasteiger partial charge in [-0.05, 0) is 55.3 Å². The fourth-order valence-electron chi connectivity index (χ4n) is 4.49. The number of nitrogens with zero attached hydrogens (tertiary/aromatic N) is 2. The van der Waals surface area contributed by atoms with E-state index in [2.05, 4.69) is 0 Å². The van der Waals surface area contributed by atoms with Crippen LogP contribution in [-0.2, 0) is 16.0 Å². The predicted octanol–water partition coefficient (Wildman–Crippen LogP) is 5.38. The van der Waals surface area contributed by atoms with Crippen LogP contribution < -0.4 is 9.80 Å². The van der Waals surface area contributed by atoms with E-state index in [1.165, 1.54) is 0 Å². The van der Waals surface area contributed by atoms with Crippen LogP contribution in [0.2, 0.25) is 0 Å². The van der Waals surface area contributed by atoms with E-state index in [9.17, 15) is 9.59 Å². The Bertz CT molecular complexity index is 1120. The third-order valence-electron chi connectivity index (χ3n) is 5.79. The van der Waals surface area contributed by atoms with Gasteiger partial charge in [0.15, 0.2) is 0 Å². The maximum Gasteiger partial charge on any atom is 0.415 e. The summed E-state index contributed by atoms with van der Waals surface area (Å²) in [6.45, 7) is 3.85. The van der Waals surface area contributed by atoms with Gasteiger partial charge >= 0.3 is 6.09 Å². The molecule has 0 N–H and O–H groups in total. The van der Waals surface area contributed by atoms with Crippen LogP contribution >= 0.6 is 0 Å². The molecule has 3 aromatic carbocycles. The molecule has 1 saturated heterocycles. The van der Waals surface area contributed by atoms with E-state index in [1.807, 2.05) is 92.7 Å². The van der Waals surface area contributed by atoms with Crippen molar-refractivity contribution in [3.8, 4) is 0 Å². The Morgan fingerprint density at radius 1 is 0.833 bits per heavy atom. The van der Waals surface area contributed by atoms with Gasteiger partial charge in [-0.15, -0.1) is 0 Å². The van der Waals surface area contributed by atoms with Crippen LogP contribution in [0, 0.1) is 0 Å². The fourth-order valence-corrected chi connectivity index (χ4v) is 4.49. The van der Waals surface area contributed by atoms with Crippen molar-refractivity contribution in [1.29, 1.82) is 0 Å². The zero-order valence-electron chi connectivity index (χ0n) is 16.9. The van der Waals surface area contributed by atoms with Gasteiger partial charge in [-0.2, -0.15) is 0 Å². The number of hydrogen-bond acceptors (Lipinski definition) is 3.